The molecule has 0 saturated carbocycles. The van der Waals surface area contributed by atoms with Gasteiger partial charge in [-0.05, 0) is 19.4 Å². The first-order chi connectivity index (χ1) is 13.4. The Balaban J connectivity index is 3.04. The standard InChI is InChI=1S/C23H45Br3OSi/c1-23(2)22-27-20-18-16-14-12-10-8-6-4-3-5-7-9-11-13-15-17-19-21-28(24,25)26/h1,3-22H2,2H3. The van der Waals surface area contributed by atoms with Crippen molar-refractivity contribution in [3.63, 3.8) is 0 Å². The van der Waals surface area contributed by atoms with Crippen LogP contribution in [0.25, 0.3) is 0 Å². The van der Waals surface area contributed by atoms with Crippen LogP contribution in [0.4, 0.5) is 0 Å². The number of hydrogen-bond donors (Lipinski definition) is 0. The van der Waals surface area contributed by atoms with Gasteiger partial charge < -0.3 is 4.74 Å². The highest BCUT2D eigenvalue weighted by atomic mass is 80.0. The molecule has 0 amide bonds. The molecule has 0 atom stereocenters. The van der Waals surface area contributed by atoms with E-state index in [1.54, 1.807) is 0 Å². The monoisotopic (exact) mass is 602 g/mol. The fourth-order valence-electron chi connectivity index (χ4n) is 3.43. The van der Waals surface area contributed by atoms with E-state index in [0.717, 1.165) is 18.8 Å². The van der Waals surface area contributed by atoms with Gasteiger partial charge in [0.1, 0.15) is 0 Å². The molecule has 0 heterocycles. The largest absolute Gasteiger partial charge is 0.377 e. The van der Waals surface area contributed by atoms with Crippen molar-refractivity contribution in [2.24, 2.45) is 0 Å². The number of ether oxygens (including phenoxy) is 1. The molecule has 0 aliphatic rings. The molecule has 0 bridgehead atoms. The molecule has 0 rings (SSSR count). The highest BCUT2D eigenvalue weighted by molar-refractivity contribution is 9.72. The maximum Gasteiger partial charge on any atom is 0.267 e. The Morgan fingerprint density at radius 1 is 0.607 bits per heavy atom. The average molecular weight is 605 g/mol. The molecule has 0 radical (unpaired) electrons. The highest BCUT2D eigenvalue weighted by Gasteiger charge is 2.20. The van der Waals surface area contributed by atoms with E-state index in [0.29, 0.717) is 0 Å². The summed E-state index contributed by atoms with van der Waals surface area (Å²) in [5, 5.41) is 0. The molecule has 0 aromatic carbocycles. The zero-order valence-electron chi connectivity index (χ0n) is 18.4. The summed E-state index contributed by atoms with van der Waals surface area (Å²) in [5.74, 6) is 0. The number of unbranched alkanes of at least 4 members (excludes halogenated alkanes) is 16. The van der Waals surface area contributed by atoms with Crippen LogP contribution >= 0.6 is 45.9 Å². The fraction of sp³-hybridized carbons (Fsp3) is 0.913. The number of hydrogen-bond acceptors (Lipinski definition) is 1. The van der Waals surface area contributed by atoms with Crippen molar-refractivity contribution in [2.75, 3.05) is 13.2 Å². The van der Waals surface area contributed by atoms with Crippen molar-refractivity contribution in [3.05, 3.63) is 12.2 Å². The first-order valence-electron chi connectivity index (χ1n) is 11.7. The first-order valence-corrected chi connectivity index (χ1v) is 20.7. The van der Waals surface area contributed by atoms with Gasteiger partial charge in [0.25, 0.3) is 3.93 Å². The predicted molar refractivity (Wildman–Crippen MR) is 141 cm³/mol. The van der Waals surface area contributed by atoms with Crippen LogP contribution in [0, 0.1) is 0 Å². The summed E-state index contributed by atoms with van der Waals surface area (Å²) in [7, 11) is 0. The quantitative estimate of drug-likeness (QED) is 0.0517. The van der Waals surface area contributed by atoms with Crippen molar-refractivity contribution in [1.29, 1.82) is 0 Å². The van der Waals surface area contributed by atoms with Crippen LogP contribution in [0.15, 0.2) is 12.2 Å². The second-order valence-corrected chi connectivity index (χ2v) is 31.9. The summed E-state index contributed by atoms with van der Waals surface area (Å²) in [6, 6.07) is 1.28. The molecule has 0 spiro atoms. The highest BCUT2D eigenvalue weighted by Crippen LogP contribution is 2.33. The van der Waals surface area contributed by atoms with Crippen molar-refractivity contribution >= 4 is 49.8 Å². The molecule has 0 aliphatic heterocycles. The maximum atomic E-state index is 5.53. The summed E-state index contributed by atoms with van der Waals surface area (Å²) < 4.78 is 4.19. The van der Waals surface area contributed by atoms with Gasteiger partial charge in [-0.3, -0.25) is 0 Å². The minimum absolute atomic E-state index is 0.731. The van der Waals surface area contributed by atoms with E-state index in [2.05, 4.69) is 52.5 Å². The summed E-state index contributed by atoms with van der Waals surface area (Å²) in [5.41, 5.74) is 1.12. The zero-order chi connectivity index (χ0) is 20.9. The Kier molecular flexibility index (Phi) is 22.6. The van der Waals surface area contributed by atoms with Gasteiger partial charge in [0.2, 0.25) is 0 Å². The van der Waals surface area contributed by atoms with E-state index in [-0.39, 0.29) is 0 Å². The molecule has 0 fully saturated rings. The lowest BCUT2D eigenvalue weighted by atomic mass is 10.0. The second kappa shape index (κ2) is 21.6. The van der Waals surface area contributed by atoms with Gasteiger partial charge in [0.05, 0.1) is 6.61 Å². The molecule has 0 aromatic rings. The molecule has 0 unspecified atom stereocenters. The third kappa shape index (κ3) is 27.4. The van der Waals surface area contributed by atoms with E-state index in [4.69, 9.17) is 4.74 Å². The average Bonchev–Trinajstić information content (AvgIpc) is 2.61. The van der Waals surface area contributed by atoms with Crippen molar-refractivity contribution < 1.29 is 4.74 Å². The molecule has 0 aromatic heterocycles. The molecule has 5 heteroatoms. The maximum absolute atomic E-state index is 5.53. The molecule has 28 heavy (non-hydrogen) atoms. The third-order valence-electron chi connectivity index (χ3n) is 5.10. The summed E-state index contributed by atoms with van der Waals surface area (Å²) in [6.45, 7) is 7.51. The van der Waals surface area contributed by atoms with Gasteiger partial charge >= 0.3 is 0 Å². The Morgan fingerprint density at radius 2 is 0.929 bits per heavy atom. The Labute approximate surface area is 201 Å². The van der Waals surface area contributed by atoms with E-state index < -0.39 is 3.93 Å². The second-order valence-electron chi connectivity index (χ2n) is 8.39. The van der Waals surface area contributed by atoms with Crippen LogP contribution in [-0.2, 0) is 4.74 Å². The molecular weight excluding hydrogens is 560 g/mol. The van der Waals surface area contributed by atoms with Crippen LogP contribution in [0.2, 0.25) is 6.04 Å². The third-order valence-corrected chi connectivity index (χ3v) is 9.59. The van der Waals surface area contributed by atoms with Gasteiger partial charge in [-0.2, -0.15) is 0 Å². The minimum Gasteiger partial charge on any atom is -0.377 e. The smallest absolute Gasteiger partial charge is 0.267 e. The number of halogens is 3. The van der Waals surface area contributed by atoms with Gasteiger partial charge in [0, 0.05) is 6.61 Å². The van der Waals surface area contributed by atoms with E-state index in [1.165, 1.54) is 115 Å². The van der Waals surface area contributed by atoms with Gasteiger partial charge in [-0.25, -0.2) is 0 Å². The van der Waals surface area contributed by atoms with Gasteiger partial charge in [0.15, 0.2) is 0 Å². The van der Waals surface area contributed by atoms with Crippen LogP contribution in [-0.4, -0.2) is 17.1 Å². The van der Waals surface area contributed by atoms with Crippen molar-refractivity contribution in [1.82, 2.24) is 0 Å². The molecule has 0 N–H and O–H groups in total. The van der Waals surface area contributed by atoms with Crippen LogP contribution in [0.3, 0.4) is 0 Å². The molecule has 168 valence electrons. The predicted octanol–water partition coefficient (Wildman–Crippen LogP) is 10.3. The minimum atomic E-state index is -1.34. The van der Waals surface area contributed by atoms with Gasteiger partial charge in [-0.15, -0.1) is 0 Å². The normalized spacial score (nSPS) is 11.9. The van der Waals surface area contributed by atoms with Crippen molar-refractivity contribution in [2.45, 2.75) is 122 Å². The lowest BCUT2D eigenvalue weighted by molar-refractivity contribution is 0.151. The molecule has 1 nitrogen and oxygen atoms in total. The molecule has 0 aliphatic carbocycles. The zero-order valence-corrected chi connectivity index (χ0v) is 24.1. The van der Waals surface area contributed by atoms with Crippen LogP contribution < -0.4 is 0 Å². The van der Waals surface area contributed by atoms with Crippen molar-refractivity contribution in [3.8, 4) is 0 Å². The Bertz CT molecular complexity index is 345. The van der Waals surface area contributed by atoms with E-state index in [1.807, 2.05) is 6.92 Å². The van der Waals surface area contributed by atoms with Crippen LogP contribution in [0.5, 0.6) is 0 Å². The van der Waals surface area contributed by atoms with Gasteiger partial charge in [-0.1, -0.05) is 161 Å². The fourth-order valence-corrected chi connectivity index (χ4v) is 6.60. The number of rotatable bonds is 22. The van der Waals surface area contributed by atoms with Crippen LogP contribution in [0.1, 0.15) is 116 Å². The molecular formula is C23H45Br3OSi. The van der Waals surface area contributed by atoms with E-state index >= 15 is 0 Å². The topological polar surface area (TPSA) is 9.23 Å². The lowest BCUT2D eigenvalue weighted by Gasteiger charge is -2.08. The summed E-state index contributed by atoms with van der Waals surface area (Å²) in [4.78, 5) is 0. The molecule has 0 saturated heterocycles. The SMILES string of the molecule is C=C(C)COCCCCCCCCCCCCCCCCCCC[Si](Br)(Br)Br. The van der Waals surface area contributed by atoms with E-state index in [9.17, 15) is 0 Å². The summed E-state index contributed by atoms with van der Waals surface area (Å²) >= 11 is 11.1. The summed E-state index contributed by atoms with van der Waals surface area (Å²) in [6.07, 6.45) is 23.9. The Hall–Kier alpha value is 1.36. The Morgan fingerprint density at radius 3 is 1.25 bits per heavy atom. The lowest BCUT2D eigenvalue weighted by Crippen LogP contribution is -2.04. The first kappa shape index (κ1) is 29.4.